The molecule has 0 aliphatic carbocycles. The van der Waals surface area contributed by atoms with Crippen LogP contribution in [-0.4, -0.2) is 139 Å². The molecule has 16 heavy (non-hydrogen) atoms. The summed E-state index contributed by atoms with van der Waals surface area (Å²) in [6, 6.07) is 0. The quantitative estimate of drug-likeness (QED) is 0.299. The number of hydrogen-bond acceptors (Lipinski definition) is 7. The fourth-order valence-corrected chi connectivity index (χ4v) is 2.46. The third kappa shape index (κ3) is 27.1. The molecule has 0 rings (SSSR count). The van der Waals surface area contributed by atoms with Gasteiger partial charge in [0.15, 0.2) is 0 Å². The average molecular weight is 370 g/mol. The maximum atomic E-state index is 10.3. The summed E-state index contributed by atoms with van der Waals surface area (Å²) in [5.74, 6) is 0. The summed E-state index contributed by atoms with van der Waals surface area (Å²) in [6.45, 7) is 0. The zero-order valence-corrected chi connectivity index (χ0v) is 9.22. The second kappa shape index (κ2) is 14.6. The van der Waals surface area contributed by atoms with Gasteiger partial charge in [0.05, 0.1) is 0 Å². The summed E-state index contributed by atoms with van der Waals surface area (Å²) in [5.41, 5.74) is 0. The standard InChI is InChI=1S/4Na.H2O7S5.4H/c;;;;1-10(6-11(2,3)8)7-12(4,5)9;;;;/h;;;;(H,2,3,8)(H,4,5,9);;;;. The van der Waals surface area contributed by atoms with Crippen molar-refractivity contribution in [1.82, 2.24) is 0 Å². The normalized spacial score (nSPS) is 10.2. The van der Waals surface area contributed by atoms with Gasteiger partial charge in [0.1, 0.15) is 0 Å². The Kier molecular flexibility index (Phi) is 29.7. The van der Waals surface area contributed by atoms with E-state index in [0.29, 0.717) is 0 Å². The van der Waals surface area contributed by atoms with Crippen LogP contribution in [0.4, 0.5) is 0 Å². The minimum absolute atomic E-state index is 0. The van der Waals surface area contributed by atoms with Gasteiger partial charge in [-0.05, 0) is 23.3 Å². The predicted molar refractivity (Wildman–Crippen MR) is 74.7 cm³/mol. The van der Waals surface area contributed by atoms with Gasteiger partial charge in [0, 0.05) is 0 Å². The van der Waals surface area contributed by atoms with E-state index in [-0.39, 0.29) is 118 Å². The Morgan fingerprint density at radius 3 is 1.06 bits per heavy atom. The molecule has 0 spiro atoms. The summed E-state index contributed by atoms with van der Waals surface area (Å²) in [6.07, 6.45) is 0. The van der Waals surface area contributed by atoms with Gasteiger partial charge in [-0.15, -0.1) is 7.26 Å². The van der Waals surface area contributed by atoms with E-state index in [9.17, 15) is 21.0 Å². The van der Waals surface area contributed by atoms with Gasteiger partial charge in [0.25, 0.3) is 0 Å². The van der Waals surface area contributed by atoms with Gasteiger partial charge in [-0.2, -0.15) is 21.0 Å². The first-order valence-electron chi connectivity index (χ1n) is 1.87. The van der Waals surface area contributed by atoms with Crippen LogP contribution < -0.4 is 0 Å². The Morgan fingerprint density at radius 2 is 0.938 bits per heavy atom. The van der Waals surface area contributed by atoms with E-state index in [1.54, 1.807) is 0 Å². The van der Waals surface area contributed by atoms with Crippen molar-refractivity contribution in [2.24, 2.45) is 0 Å². The summed E-state index contributed by atoms with van der Waals surface area (Å²) in [7, 11) is -8.65. The molecule has 0 unspecified atom stereocenters. The van der Waals surface area contributed by atoms with Gasteiger partial charge in [-0.1, -0.05) is 0 Å². The number of rotatable bonds is 4. The molecule has 0 saturated heterocycles. The monoisotopic (exact) mass is 370 g/mol. The topological polar surface area (TPSA) is 104 Å². The van der Waals surface area contributed by atoms with Crippen LogP contribution in [0, 0.1) is 0 Å². The van der Waals surface area contributed by atoms with Crippen LogP contribution in [0.15, 0.2) is 0 Å². The van der Waals surface area contributed by atoms with Gasteiger partial charge >= 0.3 is 148 Å². The first kappa shape index (κ1) is 32.6. The molecule has 16 heteroatoms. The van der Waals surface area contributed by atoms with E-state index in [1.165, 1.54) is 0 Å². The van der Waals surface area contributed by atoms with Crippen molar-refractivity contribution >= 4 is 171 Å². The molecule has 0 fully saturated rings. The van der Waals surface area contributed by atoms with Crippen molar-refractivity contribution in [1.29, 1.82) is 0 Å². The molecular formula is H6Na4O7S5. The summed E-state index contributed by atoms with van der Waals surface area (Å²) in [5, 5.41) is 0. The minimum atomic E-state index is -4.32. The van der Waals surface area contributed by atoms with Crippen molar-refractivity contribution in [3.8, 4) is 0 Å². The van der Waals surface area contributed by atoms with Crippen LogP contribution in [0.3, 0.4) is 0 Å². The third-order valence-electron chi connectivity index (χ3n) is 0.283. The van der Waals surface area contributed by atoms with Crippen molar-refractivity contribution in [3.05, 3.63) is 0 Å². The molecule has 0 aliphatic rings. The zero-order chi connectivity index (χ0) is 9.99. The summed E-state index contributed by atoms with van der Waals surface area (Å²) < 4.78 is 57.5. The second-order valence-corrected chi connectivity index (χ2v) is 7.09. The number of hydrogen-bond donors (Lipinski definition) is 2. The fraction of sp³-hybridized carbons (Fsp3) is 0. The molecule has 0 N–H and O–H groups in total. The molecular weight excluding hydrogens is 364 g/mol. The Morgan fingerprint density at radius 1 is 0.750 bits per heavy atom. The van der Waals surface area contributed by atoms with Crippen LogP contribution in [0.2, 0.25) is 0 Å². The zero-order valence-electron chi connectivity index (χ0n) is 4.98. The van der Waals surface area contributed by atoms with E-state index < -0.39 is 29.7 Å². The van der Waals surface area contributed by atoms with Gasteiger partial charge in [-0.25, -0.2) is 0 Å². The van der Waals surface area contributed by atoms with Gasteiger partial charge < -0.3 is 0 Å². The van der Waals surface area contributed by atoms with Gasteiger partial charge in [0.2, 0.25) is 0 Å². The molecule has 0 heterocycles. The van der Waals surface area contributed by atoms with E-state index in [1.807, 2.05) is 0 Å². The Balaban J connectivity index is -0.000000101. The Hall–Kier alpha value is 4.67. The molecule has 82 valence electrons. The molecule has 0 amide bonds. The third-order valence-corrected chi connectivity index (χ3v) is 3.64. The van der Waals surface area contributed by atoms with Crippen LogP contribution >= 0.6 is 23.3 Å². The first-order chi connectivity index (χ1) is 5.10. The van der Waals surface area contributed by atoms with Crippen molar-refractivity contribution in [2.45, 2.75) is 0 Å². The molecule has 0 radical (unpaired) electrons. The maximum absolute atomic E-state index is 10.3. The Labute approximate surface area is 195 Å². The van der Waals surface area contributed by atoms with E-state index in [0.717, 1.165) is 0 Å². The molecule has 0 aromatic carbocycles. The van der Waals surface area contributed by atoms with E-state index in [4.69, 9.17) is 0 Å². The predicted octanol–water partition coefficient (Wildman–Crippen LogP) is -3.65. The molecule has 0 bridgehead atoms. The summed E-state index contributed by atoms with van der Waals surface area (Å²) in [4.78, 5) is 0. The second-order valence-electron chi connectivity index (χ2n) is 1.20. The van der Waals surface area contributed by atoms with E-state index >= 15 is 0 Å². The summed E-state index contributed by atoms with van der Waals surface area (Å²) >= 11 is 2.61. The number of thiol groups is 2. The SMILES string of the molecule is O=S(OS(=O)(=O)S)OS(=O)(=O)S.[NaH].[NaH].[NaH].[NaH]. The van der Waals surface area contributed by atoms with Crippen LogP contribution in [0.1, 0.15) is 0 Å². The van der Waals surface area contributed by atoms with Gasteiger partial charge in [-0.3, -0.25) is 0 Å². The molecule has 0 atom stereocenters. The molecule has 0 aromatic rings. The van der Waals surface area contributed by atoms with Crippen LogP contribution in [0.5, 0.6) is 0 Å². The Bertz CT molecular complexity index is 332. The van der Waals surface area contributed by atoms with Crippen LogP contribution in [-0.2, 0) is 36.9 Å². The van der Waals surface area contributed by atoms with Crippen LogP contribution in [0.25, 0.3) is 0 Å². The molecule has 0 saturated carbocycles. The molecule has 0 aliphatic heterocycles. The average Bonchev–Trinajstić information content (AvgIpc) is 1.49. The van der Waals surface area contributed by atoms with Crippen molar-refractivity contribution in [3.63, 3.8) is 0 Å². The molecule has 0 aromatic heterocycles. The van der Waals surface area contributed by atoms with E-state index in [2.05, 4.69) is 30.6 Å². The fourth-order valence-electron chi connectivity index (χ4n) is 0.152. The van der Waals surface area contributed by atoms with Crippen molar-refractivity contribution in [2.75, 3.05) is 0 Å². The van der Waals surface area contributed by atoms with Crippen molar-refractivity contribution < 1.29 is 28.3 Å². The first-order valence-corrected chi connectivity index (χ1v) is 7.79. The molecule has 7 nitrogen and oxygen atoms in total.